The summed E-state index contributed by atoms with van der Waals surface area (Å²) < 4.78 is 0. The van der Waals surface area contributed by atoms with E-state index >= 15 is 0 Å². The molecule has 4 nitrogen and oxygen atoms in total. The molecule has 0 saturated carbocycles. The number of aryl methyl sites for hydroxylation is 2. The third-order valence-corrected chi connectivity index (χ3v) is 4.77. The summed E-state index contributed by atoms with van der Waals surface area (Å²) >= 11 is 11.8. The number of imide groups is 1. The molecule has 25 heavy (non-hydrogen) atoms. The van der Waals surface area contributed by atoms with E-state index in [1.54, 1.807) is 18.2 Å². The molecule has 0 aliphatic carbocycles. The molecule has 3 rings (SSSR count). The highest BCUT2D eigenvalue weighted by Gasteiger charge is 2.40. The Morgan fingerprint density at radius 1 is 1.04 bits per heavy atom. The topological polar surface area (TPSA) is 54.5 Å². The highest BCUT2D eigenvalue weighted by atomic mass is 35.5. The standard InChI is InChI=1S/C19H15Cl2NO3/c1-3-10-8-12(20)9-11(4-2)16(10)22-18(24)14-7-5-6-13(17(21)23)15(14)19(22)25/h5-9H,3-4H2,1-2H3. The van der Waals surface area contributed by atoms with Gasteiger partial charge in [-0.15, -0.1) is 0 Å². The normalized spacial score (nSPS) is 13.4. The second-order valence-electron chi connectivity index (χ2n) is 5.73. The molecular formula is C19H15Cl2NO3. The number of rotatable bonds is 4. The maximum absolute atomic E-state index is 13.0. The SMILES string of the molecule is CCc1cc(Cl)cc(CC)c1N1C(=O)c2cccc(C(=O)Cl)c2C1=O. The van der Waals surface area contributed by atoms with Crippen molar-refractivity contribution in [3.8, 4) is 0 Å². The lowest BCUT2D eigenvalue weighted by Gasteiger charge is -2.22. The van der Waals surface area contributed by atoms with Gasteiger partial charge >= 0.3 is 0 Å². The Kier molecular flexibility index (Phi) is 4.67. The molecule has 128 valence electrons. The maximum Gasteiger partial charge on any atom is 0.266 e. The molecule has 6 heteroatoms. The Bertz CT molecular complexity index is 896. The second-order valence-corrected chi connectivity index (χ2v) is 6.51. The summed E-state index contributed by atoms with van der Waals surface area (Å²) in [5, 5.41) is -0.201. The van der Waals surface area contributed by atoms with Crippen LogP contribution in [-0.2, 0) is 12.8 Å². The zero-order valence-electron chi connectivity index (χ0n) is 13.7. The van der Waals surface area contributed by atoms with Crippen molar-refractivity contribution in [3.05, 3.63) is 63.2 Å². The lowest BCUT2D eigenvalue weighted by Crippen LogP contribution is -2.31. The number of anilines is 1. The predicted octanol–water partition coefficient (Wildman–Crippen LogP) is 4.64. The van der Waals surface area contributed by atoms with Crippen molar-refractivity contribution in [1.29, 1.82) is 0 Å². The van der Waals surface area contributed by atoms with E-state index in [0.717, 1.165) is 16.0 Å². The first-order valence-corrected chi connectivity index (χ1v) is 8.69. The molecule has 1 heterocycles. The molecule has 0 spiro atoms. The van der Waals surface area contributed by atoms with Crippen LogP contribution in [0, 0.1) is 0 Å². The van der Waals surface area contributed by atoms with Crippen molar-refractivity contribution in [2.75, 3.05) is 4.90 Å². The minimum atomic E-state index is -0.762. The molecule has 0 fully saturated rings. The number of fused-ring (bicyclic) bond motifs is 1. The van der Waals surface area contributed by atoms with Crippen LogP contribution in [0.15, 0.2) is 30.3 Å². The van der Waals surface area contributed by atoms with E-state index in [1.807, 2.05) is 13.8 Å². The molecule has 0 N–H and O–H groups in total. The molecule has 1 aliphatic heterocycles. The van der Waals surface area contributed by atoms with Gasteiger partial charge in [-0.05, 0) is 59.8 Å². The molecule has 0 aromatic heterocycles. The van der Waals surface area contributed by atoms with Gasteiger partial charge in [-0.25, -0.2) is 4.90 Å². The molecule has 2 aromatic rings. The number of benzene rings is 2. The summed E-state index contributed by atoms with van der Waals surface area (Å²) in [5.41, 5.74) is 2.45. The fraction of sp³-hybridized carbons (Fsp3) is 0.211. The Hall–Kier alpha value is -2.17. The third kappa shape index (κ3) is 2.75. The van der Waals surface area contributed by atoms with Crippen LogP contribution < -0.4 is 4.90 Å². The van der Waals surface area contributed by atoms with Gasteiger partial charge in [-0.1, -0.05) is 31.5 Å². The molecule has 0 radical (unpaired) electrons. The first-order valence-electron chi connectivity index (χ1n) is 7.93. The molecular weight excluding hydrogens is 361 g/mol. The number of hydrogen-bond acceptors (Lipinski definition) is 3. The number of carbonyl (C=O) groups is 3. The minimum absolute atomic E-state index is 0.0464. The minimum Gasteiger partial charge on any atom is -0.276 e. The number of nitrogens with zero attached hydrogens (tertiary/aromatic N) is 1. The summed E-state index contributed by atoms with van der Waals surface area (Å²) in [6, 6.07) is 8.05. The van der Waals surface area contributed by atoms with Gasteiger partial charge in [-0.3, -0.25) is 14.4 Å². The Morgan fingerprint density at radius 3 is 2.16 bits per heavy atom. The lowest BCUT2D eigenvalue weighted by molar-refractivity contribution is 0.0922. The van der Waals surface area contributed by atoms with Crippen LogP contribution in [0.1, 0.15) is 56.0 Å². The van der Waals surface area contributed by atoms with E-state index in [-0.39, 0.29) is 16.7 Å². The first kappa shape index (κ1) is 17.6. The van der Waals surface area contributed by atoms with Gasteiger partial charge < -0.3 is 0 Å². The van der Waals surface area contributed by atoms with Gasteiger partial charge in [0.2, 0.25) is 0 Å². The zero-order chi connectivity index (χ0) is 18.3. The van der Waals surface area contributed by atoms with Crippen LogP contribution in [0.5, 0.6) is 0 Å². The van der Waals surface area contributed by atoms with Crippen LogP contribution >= 0.6 is 23.2 Å². The van der Waals surface area contributed by atoms with Crippen molar-refractivity contribution in [2.45, 2.75) is 26.7 Å². The van der Waals surface area contributed by atoms with E-state index < -0.39 is 17.1 Å². The van der Waals surface area contributed by atoms with E-state index in [9.17, 15) is 14.4 Å². The number of carbonyl (C=O) groups excluding carboxylic acids is 3. The maximum atomic E-state index is 13.0. The van der Waals surface area contributed by atoms with Gasteiger partial charge in [0.05, 0.1) is 16.8 Å². The largest absolute Gasteiger partial charge is 0.276 e. The van der Waals surface area contributed by atoms with E-state index in [0.29, 0.717) is 23.6 Å². The number of amides is 2. The van der Waals surface area contributed by atoms with E-state index in [2.05, 4.69) is 0 Å². The molecule has 2 amide bonds. The first-order chi connectivity index (χ1) is 11.9. The van der Waals surface area contributed by atoms with Crippen molar-refractivity contribution in [1.82, 2.24) is 0 Å². The average molecular weight is 376 g/mol. The van der Waals surface area contributed by atoms with Crippen molar-refractivity contribution in [3.63, 3.8) is 0 Å². The van der Waals surface area contributed by atoms with Crippen molar-refractivity contribution < 1.29 is 14.4 Å². The second kappa shape index (κ2) is 6.62. The Balaban J connectivity index is 2.25. The fourth-order valence-electron chi connectivity index (χ4n) is 3.20. The smallest absolute Gasteiger partial charge is 0.266 e. The van der Waals surface area contributed by atoms with Gasteiger partial charge in [0, 0.05) is 10.6 Å². The third-order valence-electron chi connectivity index (χ3n) is 4.34. The van der Waals surface area contributed by atoms with Gasteiger partial charge in [0.1, 0.15) is 0 Å². The summed E-state index contributed by atoms with van der Waals surface area (Å²) in [4.78, 5) is 38.7. The zero-order valence-corrected chi connectivity index (χ0v) is 15.2. The predicted molar refractivity (Wildman–Crippen MR) is 98.0 cm³/mol. The van der Waals surface area contributed by atoms with Crippen LogP contribution in [0.3, 0.4) is 0 Å². The highest BCUT2D eigenvalue weighted by molar-refractivity contribution is 6.68. The van der Waals surface area contributed by atoms with Crippen LogP contribution in [0.4, 0.5) is 5.69 Å². The average Bonchev–Trinajstić information content (AvgIpc) is 2.85. The summed E-state index contributed by atoms with van der Waals surface area (Å²) in [7, 11) is 0. The lowest BCUT2D eigenvalue weighted by atomic mass is 10.0. The molecule has 0 unspecified atom stereocenters. The Morgan fingerprint density at radius 2 is 1.64 bits per heavy atom. The van der Waals surface area contributed by atoms with Crippen LogP contribution in [0.2, 0.25) is 5.02 Å². The highest BCUT2D eigenvalue weighted by Crippen LogP contribution is 2.37. The molecule has 1 aliphatic rings. The summed E-state index contributed by atoms with van der Waals surface area (Å²) in [5.74, 6) is -0.984. The van der Waals surface area contributed by atoms with Crippen LogP contribution in [0.25, 0.3) is 0 Å². The van der Waals surface area contributed by atoms with Gasteiger partial charge in [-0.2, -0.15) is 0 Å². The molecule has 2 aromatic carbocycles. The Labute approximate surface area is 155 Å². The van der Waals surface area contributed by atoms with E-state index in [4.69, 9.17) is 23.2 Å². The summed E-state index contributed by atoms with van der Waals surface area (Å²) in [6.07, 6.45) is 1.22. The quantitative estimate of drug-likeness (QED) is 0.577. The fourth-order valence-corrected chi connectivity index (χ4v) is 3.62. The summed E-state index contributed by atoms with van der Waals surface area (Å²) in [6.45, 7) is 3.86. The van der Waals surface area contributed by atoms with Crippen LogP contribution in [-0.4, -0.2) is 17.1 Å². The van der Waals surface area contributed by atoms with Gasteiger partial charge in [0.15, 0.2) is 0 Å². The monoisotopic (exact) mass is 375 g/mol. The molecule has 0 bridgehead atoms. The number of hydrogen-bond donors (Lipinski definition) is 0. The molecule has 0 saturated heterocycles. The van der Waals surface area contributed by atoms with Crippen molar-refractivity contribution in [2.24, 2.45) is 0 Å². The van der Waals surface area contributed by atoms with E-state index in [1.165, 1.54) is 12.1 Å². The van der Waals surface area contributed by atoms with Crippen molar-refractivity contribution >= 4 is 45.9 Å². The van der Waals surface area contributed by atoms with Gasteiger partial charge in [0.25, 0.3) is 17.1 Å². The molecule has 0 atom stereocenters. The number of halogens is 2.